The van der Waals surface area contributed by atoms with Crippen molar-refractivity contribution in [3.8, 4) is 0 Å². The van der Waals surface area contributed by atoms with Crippen LogP contribution in [0.2, 0.25) is 0 Å². The van der Waals surface area contributed by atoms with Crippen LogP contribution in [0.3, 0.4) is 0 Å². The van der Waals surface area contributed by atoms with Crippen LogP contribution in [0.15, 0.2) is 47.3 Å². The van der Waals surface area contributed by atoms with E-state index < -0.39 is 0 Å². The van der Waals surface area contributed by atoms with Crippen molar-refractivity contribution in [2.75, 3.05) is 5.32 Å². The van der Waals surface area contributed by atoms with Gasteiger partial charge in [0.25, 0.3) is 5.91 Å². The fraction of sp³-hybridized carbons (Fsp3) is 0.300. The fourth-order valence-corrected chi connectivity index (χ4v) is 4.44. The molecule has 1 N–H and O–H groups in total. The molecule has 28 heavy (non-hydrogen) atoms. The number of thiazole rings is 1. The zero-order valence-corrected chi connectivity index (χ0v) is 17.0. The summed E-state index contributed by atoms with van der Waals surface area (Å²) in [5.74, 6) is -0.132. The van der Waals surface area contributed by atoms with E-state index in [4.69, 9.17) is 0 Å². The summed E-state index contributed by atoms with van der Waals surface area (Å²) in [7, 11) is 0. The van der Waals surface area contributed by atoms with Crippen molar-refractivity contribution in [2.45, 2.75) is 38.3 Å². The third-order valence-corrected chi connectivity index (χ3v) is 6.29. The van der Waals surface area contributed by atoms with E-state index in [1.54, 1.807) is 12.3 Å². The molecule has 0 aromatic carbocycles. The van der Waals surface area contributed by atoms with E-state index in [2.05, 4.69) is 15.3 Å². The number of aromatic nitrogens is 2. The molecule has 0 bridgehead atoms. The van der Waals surface area contributed by atoms with Gasteiger partial charge in [0.05, 0.1) is 28.7 Å². The van der Waals surface area contributed by atoms with Crippen molar-refractivity contribution >= 4 is 39.6 Å². The van der Waals surface area contributed by atoms with Crippen molar-refractivity contribution < 1.29 is 9.59 Å². The molecule has 0 aliphatic heterocycles. The molecule has 4 rings (SSSR count). The van der Waals surface area contributed by atoms with Gasteiger partial charge in [-0.15, -0.1) is 22.7 Å². The predicted molar refractivity (Wildman–Crippen MR) is 111 cm³/mol. The second-order valence-corrected chi connectivity index (χ2v) is 8.52. The molecule has 1 saturated carbocycles. The number of hydrogen-bond donors (Lipinski definition) is 1. The van der Waals surface area contributed by atoms with E-state index in [1.165, 1.54) is 22.7 Å². The van der Waals surface area contributed by atoms with Crippen LogP contribution in [0.5, 0.6) is 0 Å². The number of carbonyl (C=O) groups excluding carboxylic acids is 2. The molecule has 2 amide bonds. The minimum Gasteiger partial charge on any atom is -0.331 e. The monoisotopic (exact) mass is 412 g/mol. The Hall–Kier alpha value is -2.58. The molecular weight excluding hydrogens is 392 g/mol. The lowest BCUT2D eigenvalue weighted by molar-refractivity contribution is -0.133. The van der Waals surface area contributed by atoms with Gasteiger partial charge in [0.15, 0.2) is 5.13 Å². The Morgan fingerprint density at radius 3 is 2.79 bits per heavy atom. The number of rotatable bonds is 7. The first-order chi connectivity index (χ1) is 13.6. The van der Waals surface area contributed by atoms with Crippen molar-refractivity contribution in [1.29, 1.82) is 0 Å². The Morgan fingerprint density at radius 2 is 2.11 bits per heavy atom. The maximum absolute atomic E-state index is 13.0. The van der Waals surface area contributed by atoms with Crippen molar-refractivity contribution in [1.82, 2.24) is 14.9 Å². The Bertz CT molecular complexity index is 952. The van der Waals surface area contributed by atoms with Crippen molar-refractivity contribution in [3.05, 3.63) is 63.6 Å². The summed E-state index contributed by atoms with van der Waals surface area (Å²) in [6.07, 6.45) is 4.04. The minimum atomic E-state index is -0.175. The zero-order valence-electron chi connectivity index (χ0n) is 15.4. The fourth-order valence-electron chi connectivity index (χ4n) is 3.11. The standard InChI is InChI=1S/C20H20N4O2S2/c1-13(16-5-2-3-9-21-16)24(15-7-8-15)18(25)11-14-12-28-20(22-14)23-19(26)17-6-4-10-27-17/h2-6,9-10,12-13,15H,7-8,11H2,1H3,(H,22,23,26). The highest BCUT2D eigenvalue weighted by molar-refractivity contribution is 7.14. The maximum atomic E-state index is 13.0. The van der Waals surface area contributed by atoms with Crippen LogP contribution in [0.25, 0.3) is 0 Å². The van der Waals surface area contributed by atoms with Gasteiger partial charge in [-0.1, -0.05) is 12.1 Å². The number of nitrogens with zero attached hydrogens (tertiary/aromatic N) is 3. The molecule has 3 aromatic heterocycles. The predicted octanol–water partition coefficient (Wildman–Crippen LogP) is 4.15. The van der Waals surface area contributed by atoms with Gasteiger partial charge < -0.3 is 4.90 Å². The second kappa shape index (κ2) is 8.20. The second-order valence-electron chi connectivity index (χ2n) is 6.71. The Labute approximate surface area is 171 Å². The smallest absolute Gasteiger partial charge is 0.267 e. The van der Waals surface area contributed by atoms with Crippen LogP contribution in [0.4, 0.5) is 5.13 Å². The van der Waals surface area contributed by atoms with Crippen LogP contribution in [0, 0.1) is 0 Å². The average molecular weight is 413 g/mol. The largest absolute Gasteiger partial charge is 0.331 e. The van der Waals surface area contributed by atoms with Gasteiger partial charge in [-0.3, -0.25) is 19.9 Å². The summed E-state index contributed by atoms with van der Waals surface area (Å²) in [6, 6.07) is 9.58. The number of amides is 2. The van der Waals surface area contributed by atoms with Gasteiger partial charge >= 0.3 is 0 Å². The molecule has 1 aliphatic rings. The summed E-state index contributed by atoms with van der Waals surface area (Å²) in [5.41, 5.74) is 1.57. The Morgan fingerprint density at radius 1 is 1.25 bits per heavy atom. The SMILES string of the molecule is CC(c1ccccn1)N(C(=O)Cc1csc(NC(=O)c2cccs2)n1)C1CC1. The van der Waals surface area contributed by atoms with E-state index in [0.717, 1.165) is 18.5 Å². The van der Waals surface area contributed by atoms with Crippen LogP contribution in [0.1, 0.15) is 46.9 Å². The van der Waals surface area contributed by atoms with Gasteiger partial charge in [-0.05, 0) is 43.3 Å². The average Bonchev–Trinajstić information content (AvgIpc) is 3.18. The molecule has 0 spiro atoms. The third-order valence-electron chi connectivity index (χ3n) is 4.61. The van der Waals surface area contributed by atoms with Gasteiger partial charge in [0, 0.05) is 17.6 Å². The summed E-state index contributed by atoms with van der Waals surface area (Å²) in [4.78, 5) is 36.5. The molecule has 3 heterocycles. The number of carbonyl (C=O) groups is 2. The lowest BCUT2D eigenvalue weighted by Crippen LogP contribution is -2.37. The lowest BCUT2D eigenvalue weighted by atomic mass is 10.1. The van der Waals surface area contributed by atoms with E-state index in [1.807, 2.05) is 46.8 Å². The quantitative estimate of drug-likeness (QED) is 0.633. The molecule has 0 saturated heterocycles. The summed E-state index contributed by atoms with van der Waals surface area (Å²) >= 11 is 2.72. The third kappa shape index (κ3) is 4.28. The number of pyridine rings is 1. The number of hydrogen-bond acceptors (Lipinski definition) is 6. The highest BCUT2D eigenvalue weighted by Crippen LogP contribution is 2.34. The van der Waals surface area contributed by atoms with Crippen LogP contribution in [-0.2, 0) is 11.2 Å². The van der Waals surface area contributed by atoms with Crippen LogP contribution >= 0.6 is 22.7 Å². The zero-order chi connectivity index (χ0) is 19.5. The Balaban J connectivity index is 1.42. The molecule has 1 fully saturated rings. The summed E-state index contributed by atoms with van der Waals surface area (Å²) in [5, 5.41) is 6.99. The first kappa shape index (κ1) is 18.8. The molecule has 1 atom stereocenters. The van der Waals surface area contributed by atoms with Crippen molar-refractivity contribution in [2.24, 2.45) is 0 Å². The molecule has 3 aromatic rings. The van der Waals surface area contributed by atoms with E-state index in [0.29, 0.717) is 15.7 Å². The van der Waals surface area contributed by atoms with E-state index in [-0.39, 0.29) is 30.3 Å². The Kier molecular flexibility index (Phi) is 5.50. The molecule has 1 aliphatic carbocycles. The number of nitrogens with one attached hydrogen (secondary N) is 1. The topological polar surface area (TPSA) is 75.2 Å². The summed E-state index contributed by atoms with van der Waals surface area (Å²) in [6.45, 7) is 2.02. The maximum Gasteiger partial charge on any atom is 0.267 e. The molecule has 1 unspecified atom stereocenters. The van der Waals surface area contributed by atoms with Crippen LogP contribution in [-0.4, -0.2) is 32.7 Å². The lowest BCUT2D eigenvalue weighted by Gasteiger charge is -2.29. The molecule has 6 nitrogen and oxygen atoms in total. The number of thiophene rings is 1. The van der Waals surface area contributed by atoms with Gasteiger partial charge in [-0.2, -0.15) is 0 Å². The number of anilines is 1. The minimum absolute atomic E-state index is 0.0436. The van der Waals surface area contributed by atoms with Crippen LogP contribution < -0.4 is 5.32 Å². The van der Waals surface area contributed by atoms with Crippen molar-refractivity contribution in [3.63, 3.8) is 0 Å². The first-order valence-electron chi connectivity index (χ1n) is 9.13. The molecule has 0 radical (unpaired) electrons. The van der Waals surface area contributed by atoms with Gasteiger partial charge in [0.1, 0.15) is 0 Å². The van der Waals surface area contributed by atoms with Gasteiger partial charge in [0.2, 0.25) is 5.91 Å². The summed E-state index contributed by atoms with van der Waals surface area (Å²) < 4.78 is 0. The highest BCUT2D eigenvalue weighted by atomic mass is 32.1. The molecule has 8 heteroatoms. The molecule has 144 valence electrons. The molecular formula is C20H20N4O2S2. The van der Waals surface area contributed by atoms with Gasteiger partial charge in [-0.25, -0.2) is 4.98 Å². The highest BCUT2D eigenvalue weighted by Gasteiger charge is 2.36. The van der Waals surface area contributed by atoms with E-state index in [9.17, 15) is 9.59 Å². The van der Waals surface area contributed by atoms with E-state index >= 15 is 0 Å². The normalized spacial score (nSPS) is 14.5. The first-order valence-corrected chi connectivity index (χ1v) is 10.9.